The molecule has 0 bridgehead atoms. The van der Waals surface area contributed by atoms with Gasteiger partial charge in [-0.15, -0.1) is 0 Å². The summed E-state index contributed by atoms with van der Waals surface area (Å²) in [5, 5.41) is 9.80. The number of amides is 1. The highest BCUT2D eigenvalue weighted by atomic mass is 35.5. The van der Waals surface area contributed by atoms with Crippen LogP contribution in [0.25, 0.3) is 0 Å². The maximum Gasteiger partial charge on any atom is 0.271 e. The van der Waals surface area contributed by atoms with Crippen LogP contribution in [-0.2, 0) is 6.54 Å². The zero-order valence-electron chi connectivity index (χ0n) is 14.9. The van der Waals surface area contributed by atoms with Crippen LogP contribution in [-0.4, -0.2) is 21.9 Å². The van der Waals surface area contributed by atoms with E-state index in [0.717, 1.165) is 22.5 Å². The molecule has 0 saturated heterocycles. The zero-order valence-corrected chi connectivity index (χ0v) is 16.4. The van der Waals surface area contributed by atoms with Gasteiger partial charge in [-0.3, -0.25) is 9.48 Å². The average molecular weight is 401 g/mol. The SMILES string of the molecule is Cc1nn(Cc2c(Cl)cccc2Cl)c(C)c1/C=N\NC(=O)c1ccccc1. The minimum atomic E-state index is -0.266. The first-order chi connectivity index (χ1) is 13.0. The smallest absolute Gasteiger partial charge is 0.267 e. The lowest BCUT2D eigenvalue weighted by Gasteiger charge is -2.08. The van der Waals surface area contributed by atoms with Gasteiger partial charge in [-0.25, -0.2) is 5.43 Å². The van der Waals surface area contributed by atoms with Gasteiger partial charge in [0.15, 0.2) is 0 Å². The van der Waals surface area contributed by atoms with E-state index in [1.807, 2.05) is 30.7 Å². The van der Waals surface area contributed by atoms with Crippen molar-refractivity contribution in [2.45, 2.75) is 20.4 Å². The molecule has 1 heterocycles. The number of hydrazone groups is 1. The summed E-state index contributed by atoms with van der Waals surface area (Å²) in [6.07, 6.45) is 1.60. The Hall–Kier alpha value is -2.63. The van der Waals surface area contributed by atoms with Gasteiger partial charge in [0.2, 0.25) is 0 Å². The molecule has 7 heteroatoms. The van der Waals surface area contributed by atoms with Gasteiger partial charge in [0.25, 0.3) is 5.91 Å². The fourth-order valence-corrected chi connectivity index (χ4v) is 3.21. The topological polar surface area (TPSA) is 59.3 Å². The Morgan fingerprint density at radius 1 is 1.11 bits per heavy atom. The lowest BCUT2D eigenvalue weighted by molar-refractivity contribution is 0.0955. The van der Waals surface area contributed by atoms with Crippen molar-refractivity contribution < 1.29 is 4.79 Å². The van der Waals surface area contributed by atoms with Crippen molar-refractivity contribution in [2.24, 2.45) is 5.10 Å². The second-order valence-corrected chi connectivity index (χ2v) is 6.82. The predicted molar refractivity (Wildman–Crippen MR) is 109 cm³/mol. The maximum atomic E-state index is 12.1. The number of nitrogens with zero attached hydrogens (tertiary/aromatic N) is 3. The first-order valence-electron chi connectivity index (χ1n) is 8.32. The van der Waals surface area contributed by atoms with Crippen molar-refractivity contribution >= 4 is 35.3 Å². The molecular formula is C20H18Cl2N4O. The second kappa shape index (κ2) is 8.37. The molecule has 0 radical (unpaired) electrons. The van der Waals surface area contributed by atoms with E-state index in [2.05, 4.69) is 15.6 Å². The number of hydrogen-bond donors (Lipinski definition) is 1. The van der Waals surface area contributed by atoms with E-state index in [1.165, 1.54) is 0 Å². The molecule has 1 aromatic heterocycles. The Bertz CT molecular complexity index is 976. The molecule has 3 rings (SSSR count). The number of benzene rings is 2. The second-order valence-electron chi connectivity index (χ2n) is 6.01. The summed E-state index contributed by atoms with van der Waals surface area (Å²) in [6.45, 7) is 4.28. The van der Waals surface area contributed by atoms with E-state index in [-0.39, 0.29) is 5.91 Å². The number of aryl methyl sites for hydroxylation is 1. The van der Waals surface area contributed by atoms with Gasteiger partial charge in [-0.1, -0.05) is 47.5 Å². The third-order valence-electron chi connectivity index (χ3n) is 4.20. The summed E-state index contributed by atoms with van der Waals surface area (Å²) in [5.41, 5.74) is 6.43. The summed E-state index contributed by atoms with van der Waals surface area (Å²) < 4.78 is 1.82. The predicted octanol–water partition coefficient (Wildman–Crippen LogP) is 4.62. The van der Waals surface area contributed by atoms with Crippen LogP contribution < -0.4 is 5.43 Å². The molecule has 1 N–H and O–H groups in total. The third kappa shape index (κ3) is 4.38. The van der Waals surface area contributed by atoms with Crippen LogP contribution in [0.1, 0.15) is 32.9 Å². The number of carbonyl (C=O) groups is 1. The Morgan fingerprint density at radius 2 is 1.78 bits per heavy atom. The third-order valence-corrected chi connectivity index (χ3v) is 4.91. The summed E-state index contributed by atoms with van der Waals surface area (Å²) in [4.78, 5) is 12.1. The number of rotatable bonds is 5. The Kier molecular flexibility index (Phi) is 5.94. The molecule has 0 spiro atoms. The fourth-order valence-electron chi connectivity index (χ4n) is 2.69. The minimum Gasteiger partial charge on any atom is -0.267 e. The zero-order chi connectivity index (χ0) is 19.4. The summed E-state index contributed by atoms with van der Waals surface area (Å²) in [7, 11) is 0. The lowest BCUT2D eigenvalue weighted by atomic mass is 10.2. The van der Waals surface area contributed by atoms with Gasteiger partial charge < -0.3 is 0 Å². The highest BCUT2D eigenvalue weighted by Gasteiger charge is 2.13. The Balaban J connectivity index is 1.77. The van der Waals surface area contributed by atoms with E-state index in [9.17, 15) is 4.79 Å². The van der Waals surface area contributed by atoms with Crippen LogP contribution >= 0.6 is 23.2 Å². The van der Waals surface area contributed by atoms with Gasteiger partial charge in [-0.2, -0.15) is 10.2 Å². The van der Waals surface area contributed by atoms with Gasteiger partial charge >= 0.3 is 0 Å². The Labute approximate surface area is 167 Å². The molecule has 27 heavy (non-hydrogen) atoms. The number of aromatic nitrogens is 2. The molecule has 2 aromatic carbocycles. The highest BCUT2D eigenvalue weighted by Crippen LogP contribution is 2.26. The van der Waals surface area contributed by atoms with Crippen molar-refractivity contribution in [1.82, 2.24) is 15.2 Å². The van der Waals surface area contributed by atoms with Crippen molar-refractivity contribution in [2.75, 3.05) is 0 Å². The van der Waals surface area contributed by atoms with Crippen molar-refractivity contribution in [3.05, 3.63) is 86.7 Å². The van der Waals surface area contributed by atoms with Gasteiger partial charge in [0.05, 0.1) is 18.5 Å². The minimum absolute atomic E-state index is 0.266. The molecule has 0 fully saturated rings. The molecule has 5 nitrogen and oxygen atoms in total. The largest absolute Gasteiger partial charge is 0.271 e. The average Bonchev–Trinajstić information content (AvgIpc) is 2.93. The fraction of sp³-hybridized carbons (Fsp3) is 0.150. The van der Waals surface area contributed by atoms with Crippen LogP contribution in [0.3, 0.4) is 0 Å². The van der Waals surface area contributed by atoms with Crippen molar-refractivity contribution in [1.29, 1.82) is 0 Å². The number of carbonyl (C=O) groups excluding carboxylic acids is 1. The van der Waals surface area contributed by atoms with E-state index in [1.54, 1.807) is 42.6 Å². The maximum absolute atomic E-state index is 12.1. The quantitative estimate of drug-likeness (QED) is 0.501. The molecule has 0 aliphatic heterocycles. The normalized spacial score (nSPS) is 11.1. The lowest BCUT2D eigenvalue weighted by Crippen LogP contribution is -2.17. The van der Waals surface area contributed by atoms with Crippen molar-refractivity contribution in [3.63, 3.8) is 0 Å². The van der Waals surface area contributed by atoms with Crippen LogP contribution in [0.4, 0.5) is 0 Å². The van der Waals surface area contributed by atoms with E-state index >= 15 is 0 Å². The first-order valence-corrected chi connectivity index (χ1v) is 9.08. The monoisotopic (exact) mass is 400 g/mol. The molecule has 0 atom stereocenters. The molecule has 0 saturated carbocycles. The first kappa shape index (κ1) is 19.1. The standard InChI is InChI=1S/C20H18Cl2N4O/c1-13-16(11-23-24-20(27)15-7-4-3-5-8-15)14(2)26(25-13)12-17-18(21)9-6-10-19(17)22/h3-11H,12H2,1-2H3,(H,24,27)/b23-11-. The molecule has 138 valence electrons. The molecular weight excluding hydrogens is 383 g/mol. The molecule has 0 aliphatic rings. The number of nitrogens with one attached hydrogen (secondary N) is 1. The van der Waals surface area contributed by atoms with Gasteiger partial charge in [0.1, 0.15) is 0 Å². The highest BCUT2D eigenvalue weighted by molar-refractivity contribution is 6.35. The summed E-state index contributed by atoms with van der Waals surface area (Å²) >= 11 is 12.5. The van der Waals surface area contributed by atoms with Crippen LogP contribution in [0.15, 0.2) is 53.6 Å². The van der Waals surface area contributed by atoms with Crippen LogP contribution in [0, 0.1) is 13.8 Å². The van der Waals surface area contributed by atoms with Crippen LogP contribution in [0.2, 0.25) is 10.0 Å². The van der Waals surface area contributed by atoms with Crippen LogP contribution in [0.5, 0.6) is 0 Å². The summed E-state index contributed by atoms with van der Waals surface area (Å²) in [5.74, 6) is -0.266. The van der Waals surface area contributed by atoms with E-state index in [0.29, 0.717) is 22.2 Å². The number of hydrogen-bond acceptors (Lipinski definition) is 3. The van der Waals surface area contributed by atoms with E-state index < -0.39 is 0 Å². The molecule has 1 amide bonds. The van der Waals surface area contributed by atoms with Crippen molar-refractivity contribution in [3.8, 4) is 0 Å². The molecule has 0 unspecified atom stereocenters. The van der Waals surface area contributed by atoms with E-state index in [4.69, 9.17) is 23.2 Å². The van der Waals surface area contributed by atoms with Gasteiger partial charge in [-0.05, 0) is 38.1 Å². The van der Waals surface area contributed by atoms with Gasteiger partial charge in [0, 0.05) is 32.4 Å². The molecule has 0 aliphatic carbocycles. The molecule has 3 aromatic rings. The summed E-state index contributed by atoms with van der Waals surface area (Å²) in [6, 6.07) is 14.3. The Morgan fingerprint density at radius 3 is 2.44 bits per heavy atom. The number of halogens is 2.